The van der Waals surface area contributed by atoms with Crippen molar-refractivity contribution in [2.75, 3.05) is 0 Å². The van der Waals surface area contributed by atoms with Gasteiger partial charge in [-0.3, -0.25) is 4.98 Å². The van der Waals surface area contributed by atoms with Crippen LogP contribution in [0.15, 0.2) is 29.9 Å². The fourth-order valence-corrected chi connectivity index (χ4v) is 4.04. The monoisotopic (exact) mass is 312 g/mol. The summed E-state index contributed by atoms with van der Waals surface area (Å²) < 4.78 is 39.4. The van der Waals surface area contributed by atoms with Gasteiger partial charge in [-0.1, -0.05) is 0 Å². The van der Waals surface area contributed by atoms with E-state index in [9.17, 15) is 13.2 Å². The number of fused-ring (bicyclic) bond motifs is 1. The van der Waals surface area contributed by atoms with Crippen molar-refractivity contribution in [2.24, 2.45) is 5.73 Å². The molecule has 2 atom stereocenters. The zero-order chi connectivity index (χ0) is 15.0. The van der Waals surface area contributed by atoms with Crippen LogP contribution in [-0.2, 0) is 12.6 Å². The van der Waals surface area contributed by atoms with E-state index in [1.165, 1.54) is 11.1 Å². The van der Waals surface area contributed by atoms with Crippen LogP contribution >= 0.6 is 11.3 Å². The van der Waals surface area contributed by atoms with Crippen molar-refractivity contribution in [3.63, 3.8) is 0 Å². The number of thiophene rings is 1. The van der Waals surface area contributed by atoms with Gasteiger partial charge in [0.05, 0.1) is 5.56 Å². The van der Waals surface area contributed by atoms with Crippen molar-refractivity contribution in [1.29, 1.82) is 0 Å². The molecule has 0 aromatic carbocycles. The highest BCUT2D eigenvalue weighted by molar-refractivity contribution is 7.10. The van der Waals surface area contributed by atoms with Gasteiger partial charge < -0.3 is 5.73 Å². The molecule has 0 radical (unpaired) electrons. The average molecular weight is 312 g/mol. The average Bonchev–Trinajstić information content (AvgIpc) is 2.94. The predicted molar refractivity (Wildman–Crippen MR) is 76.2 cm³/mol. The summed E-state index contributed by atoms with van der Waals surface area (Å²) in [5, 5.41) is 1.99. The van der Waals surface area contributed by atoms with Gasteiger partial charge in [0.15, 0.2) is 0 Å². The summed E-state index contributed by atoms with van der Waals surface area (Å²) in [7, 11) is 0. The van der Waals surface area contributed by atoms with Crippen molar-refractivity contribution in [2.45, 2.75) is 37.4 Å². The van der Waals surface area contributed by atoms with E-state index in [0.717, 1.165) is 37.1 Å². The summed E-state index contributed by atoms with van der Waals surface area (Å²) in [6.07, 6.45) is 0.798. The molecule has 0 saturated carbocycles. The van der Waals surface area contributed by atoms with Crippen molar-refractivity contribution >= 4 is 11.3 Å². The normalized spacial score (nSPS) is 20.1. The van der Waals surface area contributed by atoms with E-state index in [1.807, 2.05) is 11.4 Å². The van der Waals surface area contributed by atoms with Gasteiger partial charge in [-0.15, -0.1) is 11.3 Å². The Kier molecular flexibility index (Phi) is 3.75. The third-order valence-electron chi connectivity index (χ3n) is 4.05. The standard InChI is InChI=1S/C15H15F3N2S/c16-15(17,18)12-4-6-20-8-11(12)14(19)10-2-1-3-13-9(10)5-7-21-13/h4-8,10,14H,1-3,19H2. The van der Waals surface area contributed by atoms with Gasteiger partial charge in [0.25, 0.3) is 0 Å². The van der Waals surface area contributed by atoms with Crippen LogP contribution in [0.2, 0.25) is 0 Å². The topological polar surface area (TPSA) is 38.9 Å². The van der Waals surface area contributed by atoms with Gasteiger partial charge in [0, 0.05) is 29.2 Å². The van der Waals surface area contributed by atoms with Crippen LogP contribution < -0.4 is 5.73 Å². The van der Waals surface area contributed by atoms with Crippen LogP contribution in [-0.4, -0.2) is 4.98 Å². The molecule has 3 rings (SSSR count). The first-order valence-corrected chi connectivity index (χ1v) is 7.69. The van der Waals surface area contributed by atoms with Gasteiger partial charge in [-0.25, -0.2) is 0 Å². The Balaban J connectivity index is 2.00. The molecule has 0 aliphatic heterocycles. The molecule has 2 unspecified atom stereocenters. The lowest BCUT2D eigenvalue weighted by molar-refractivity contribution is -0.138. The predicted octanol–water partition coefficient (Wildman–Crippen LogP) is 4.28. The number of rotatable bonds is 2. The Morgan fingerprint density at radius 2 is 2.14 bits per heavy atom. The summed E-state index contributed by atoms with van der Waals surface area (Å²) in [6, 6.07) is 2.32. The lowest BCUT2D eigenvalue weighted by Crippen LogP contribution is -2.25. The Morgan fingerprint density at radius 1 is 1.33 bits per heavy atom. The van der Waals surface area contributed by atoms with E-state index in [4.69, 9.17) is 5.73 Å². The molecule has 0 bridgehead atoms. The molecule has 2 aromatic rings. The number of nitrogens with zero attached hydrogens (tertiary/aromatic N) is 1. The molecule has 0 amide bonds. The summed E-state index contributed by atoms with van der Waals surface area (Å²) in [6.45, 7) is 0. The van der Waals surface area contributed by atoms with Crippen molar-refractivity contribution < 1.29 is 13.2 Å². The second kappa shape index (κ2) is 5.42. The highest BCUT2D eigenvalue weighted by atomic mass is 32.1. The molecule has 1 aliphatic rings. The molecule has 0 saturated heterocycles. The molecule has 6 heteroatoms. The Labute approximate surface area is 124 Å². The quantitative estimate of drug-likeness (QED) is 0.899. The van der Waals surface area contributed by atoms with Gasteiger partial charge in [0.2, 0.25) is 0 Å². The maximum atomic E-state index is 13.1. The maximum absolute atomic E-state index is 13.1. The van der Waals surface area contributed by atoms with Crippen LogP contribution in [0.25, 0.3) is 0 Å². The zero-order valence-corrected chi connectivity index (χ0v) is 12.0. The highest BCUT2D eigenvalue weighted by Crippen LogP contribution is 2.43. The number of alkyl halides is 3. The zero-order valence-electron chi connectivity index (χ0n) is 11.2. The van der Waals surface area contributed by atoms with E-state index in [-0.39, 0.29) is 11.5 Å². The molecule has 2 aromatic heterocycles. The van der Waals surface area contributed by atoms with Crippen LogP contribution in [0, 0.1) is 0 Å². The Morgan fingerprint density at radius 3 is 2.90 bits per heavy atom. The van der Waals surface area contributed by atoms with E-state index in [0.29, 0.717) is 0 Å². The van der Waals surface area contributed by atoms with E-state index < -0.39 is 17.8 Å². The largest absolute Gasteiger partial charge is 0.416 e. The first kappa shape index (κ1) is 14.5. The summed E-state index contributed by atoms with van der Waals surface area (Å²) in [4.78, 5) is 5.09. The minimum atomic E-state index is -4.40. The Hall–Kier alpha value is -1.40. The van der Waals surface area contributed by atoms with Gasteiger partial charge in [0.1, 0.15) is 0 Å². The number of nitrogens with two attached hydrogens (primary N) is 1. The highest BCUT2D eigenvalue weighted by Gasteiger charge is 2.37. The molecular weight excluding hydrogens is 297 g/mol. The van der Waals surface area contributed by atoms with Crippen LogP contribution in [0.5, 0.6) is 0 Å². The molecule has 0 spiro atoms. The smallest absolute Gasteiger partial charge is 0.323 e. The minimum Gasteiger partial charge on any atom is -0.323 e. The molecule has 1 aliphatic carbocycles. The summed E-state index contributed by atoms with van der Waals surface area (Å²) in [5.74, 6) is -0.0645. The minimum absolute atomic E-state index is 0.0645. The second-order valence-electron chi connectivity index (χ2n) is 5.28. The molecule has 2 heterocycles. The molecular formula is C15H15F3N2S. The summed E-state index contributed by atoms with van der Waals surface area (Å²) in [5.41, 5.74) is 6.73. The molecule has 112 valence electrons. The van der Waals surface area contributed by atoms with Crippen molar-refractivity contribution in [3.8, 4) is 0 Å². The molecule has 21 heavy (non-hydrogen) atoms. The molecule has 2 nitrogen and oxygen atoms in total. The number of hydrogen-bond donors (Lipinski definition) is 1. The van der Waals surface area contributed by atoms with Gasteiger partial charge in [-0.05, 0) is 47.9 Å². The van der Waals surface area contributed by atoms with Crippen LogP contribution in [0.4, 0.5) is 13.2 Å². The number of pyridine rings is 1. The number of halogens is 3. The van der Waals surface area contributed by atoms with E-state index >= 15 is 0 Å². The number of hydrogen-bond acceptors (Lipinski definition) is 3. The van der Waals surface area contributed by atoms with Gasteiger partial charge >= 0.3 is 6.18 Å². The first-order valence-electron chi connectivity index (χ1n) is 6.81. The third kappa shape index (κ3) is 2.70. The lowest BCUT2D eigenvalue weighted by Gasteiger charge is -2.29. The third-order valence-corrected chi connectivity index (χ3v) is 5.04. The van der Waals surface area contributed by atoms with Crippen molar-refractivity contribution in [1.82, 2.24) is 4.98 Å². The Bertz CT molecular complexity index is 636. The molecule has 2 N–H and O–H groups in total. The molecule has 0 fully saturated rings. The lowest BCUT2D eigenvalue weighted by atomic mass is 9.79. The fraction of sp³-hybridized carbons (Fsp3) is 0.400. The maximum Gasteiger partial charge on any atom is 0.416 e. The SMILES string of the molecule is NC(c1cnccc1C(F)(F)F)C1CCCc2sccc21. The second-order valence-corrected chi connectivity index (χ2v) is 6.28. The number of aryl methyl sites for hydroxylation is 1. The summed E-state index contributed by atoms with van der Waals surface area (Å²) >= 11 is 1.66. The van der Waals surface area contributed by atoms with Crippen LogP contribution in [0.3, 0.4) is 0 Å². The fourth-order valence-electron chi connectivity index (χ4n) is 3.04. The van der Waals surface area contributed by atoms with Crippen molar-refractivity contribution in [3.05, 3.63) is 51.5 Å². The number of aromatic nitrogens is 1. The van der Waals surface area contributed by atoms with Crippen LogP contribution in [0.1, 0.15) is 46.4 Å². The van der Waals surface area contributed by atoms with E-state index in [1.54, 1.807) is 11.3 Å². The van der Waals surface area contributed by atoms with Gasteiger partial charge in [-0.2, -0.15) is 13.2 Å². The van der Waals surface area contributed by atoms with E-state index in [2.05, 4.69) is 4.98 Å². The first-order chi connectivity index (χ1) is 9.98.